The molecule has 1 N–H and O–H groups in total. The van der Waals surface area contributed by atoms with E-state index in [4.69, 9.17) is 0 Å². The molecule has 0 saturated carbocycles. The molecule has 0 saturated heterocycles. The van der Waals surface area contributed by atoms with E-state index in [-0.39, 0.29) is 5.75 Å². The summed E-state index contributed by atoms with van der Waals surface area (Å²) < 4.78 is 0. The molecule has 0 atom stereocenters. The molecule has 0 aliphatic carbocycles. The number of rotatable bonds is 2. The molecule has 0 amide bonds. The van der Waals surface area contributed by atoms with Crippen LogP contribution in [0.5, 0.6) is 5.75 Å². The van der Waals surface area contributed by atoms with Gasteiger partial charge in [-0.25, -0.2) is 0 Å². The lowest BCUT2D eigenvalue weighted by atomic mass is 10.1. The van der Waals surface area contributed by atoms with Crippen molar-refractivity contribution in [2.24, 2.45) is 0 Å². The molecule has 1 aromatic carbocycles. The quantitative estimate of drug-likeness (QED) is 0.802. The molecule has 0 unspecified atom stereocenters. The lowest BCUT2D eigenvalue weighted by Crippen LogP contribution is -1.74. The van der Waals surface area contributed by atoms with E-state index >= 15 is 0 Å². The molecule has 0 spiro atoms. The van der Waals surface area contributed by atoms with Crippen LogP contribution in [0.2, 0.25) is 0 Å². The predicted octanol–water partition coefficient (Wildman–Crippen LogP) is 2.96. The van der Waals surface area contributed by atoms with Gasteiger partial charge in [-0.3, -0.25) is 4.98 Å². The molecule has 0 bridgehead atoms. The second-order valence-corrected chi connectivity index (χ2v) is 3.21. The van der Waals surface area contributed by atoms with Crippen LogP contribution in [0.25, 0.3) is 12.2 Å². The fourth-order valence-electron chi connectivity index (χ4n) is 1.30. The van der Waals surface area contributed by atoms with Gasteiger partial charge >= 0.3 is 0 Å². The van der Waals surface area contributed by atoms with Gasteiger partial charge in [-0.1, -0.05) is 30.4 Å². The summed E-state index contributed by atoms with van der Waals surface area (Å²) in [6, 6.07) is 11.0. The third-order valence-electron chi connectivity index (χ3n) is 2.02. The summed E-state index contributed by atoms with van der Waals surface area (Å²) in [7, 11) is 0. The summed E-state index contributed by atoms with van der Waals surface area (Å²) in [5.41, 5.74) is 2.01. The van der Waals surface area contributed by atoms with Crippen molar-refractivity contribution in [1.29, 1.82) is 0 Å². The highest BCUT2D eigenvalue weighted by molar-refractivity contribution is 5.69. The highest BCUT2D eigenvalue weighted by Gasteiger charge is 1.89. The second kappa shape index (κ2) is 4.42. The Balaban J connectivity index is 2.19. The first-order valence-electron chi connectivity index (χ1n) is 4.72. The third-order valence-corrected chi connectivity index (χ3v) is 2.02. The van der Waals surface area contributed by atoms with Gasteiger partial charge in [-0.2, -0.15) is 0 Å². The van der Waals surface area contributed by atoms with Crippen molar-refractivity contribution < 1.29 is 5.11 Å². The van der Waals surface area contributed by atoms with Crippen LogP contribution in [-0.2, 0) is 0 Å². The van der Waals surface area contributed by atoms with Gasteiger partial charge in [-0.15, -0.1) is 0 Å². The van der Waals surface area contributed by atoms with Gasteiger partial charge in [0.2, 0.25) is 0 Å². The molecule has 0 aliphatic heterocycles. The predicted molar refractivity (Wildman–Crippen MR) is 61.3 cm³/mol. The highest BCUT2D eigenvalue weighted by atomic mass is 16.3. The largest absolute Gasteiger partial charge is 0.508 e. The van der Waals surface area contributed by atoms with Crippen LogP contribution in [0, 0.1) is 0 Å². The Kier molecular flexibility index (Phi) is 2.79. The monoisotopic (exact) mass is 197 g/mol. The van der Waals surface area contributed by atoms with E-state index in [1.807, 2.05) is 36.4 Å². The summed E-state index contributed by atoms with van der Waals surface area (Å²) in [6.45, 7) is 0. The molecule has 2 heteroatoms. The van der Waals surface area contributed by atoms with Crippen LogP contribution < -0.4 is 0 Å². The van der Waals surface area contributed by atoms with Crippen molar-refractivity contribution in [3.8, 4) is 5.75 Å². The van der Waals surface area contributed by atoms with Crippen LogP contribution in [0.15, 0.2) is 48.8 Å². The van der Waals surface area contributed by atoms with Crippen molar-refractivity contribution in [2.45, 2.75) is 0 Å². The lowest BCUT2D eigenvalue weighted by Gasteiger charge is -1.95. The van der Waals surface area contributed by atoms with E-state index in [1.54, 1.807) is 24.5 Å². The number of aromatic nitrogens is 1. The number of aromatic hydroxyl groups is 1. The van der Waals surface area contributed by atoms with Gasteiger partial charge in [0.25, 0.3) is 0 Å². The topological polar surface area (TPSA) is 33.1 Å². The first-order chi connectivity index (χ1) is 7.34. The van der Waals surface area contributed by atoms with Crippen LogP contribution in [0.3, 0.4) is 0 Å². The minimum absolute atomic E-state index is 0.281. The van der Waals surface area contributed by atoms with Gasteiger partial charge < -0.3 is 5.11 Å². The maximum absolute atomic E-state index is 9.26. The van der Waals surface area contributed by atoms with Crippen LogP contribution in [0.4, 0.5) is 0 Å². The SMILES string of the molecule is Oc1cccc(/C=C\c2cccnc2)c1. The number of pyridine rings is 1. The maximum Gasteiger partial charge on any atom is 0.116 e. The molecule has 0 radical (unpaired) electrons. The Morgan fingerprint density at radius 2 is 1.80 bits per heavy atom. The van der Waals surface area contributed by atoms with E-state index in [9.17, 15) is 5.11 Å². The Morgan fingerprint density at radius 1 is 1.00 bits per heavy atom. The van der Waals surface area contributed by atoms with Crippen molar-refractivity contribution >= 4 is 12.2 Å². The van der Waals surface area contributed by atoms with Gasteiger partial charge in [-0.05, 0) is 29.3 Å². The molecule has 2 nitrogen and oxygen atoms in total. The standard InChI is InChI=1S/C13H11NO/c15-13-5-1-3-11(9-13)6-7-12-4-2-8-14-10-12/h1-10,15H/b7-6-. The Morgan fingerprint density at radius 3 is 2.53 bits per heavy atom. The van der Waals surface area contributed by atoms with E-state index in [0.29, 0.717) is 0 Å². The Bertz CT molecular complexity index is 463. The molecule has 0 fully saturated rings. The summed E-state index contributed by atoms with van der Waals surface area (Å²) in [5.74, 6) is 0.281. The maximum atomic E-state index is 9.26. The summed E-state index contributed by atoms with van der Waals surface area (Å²) in [6.07, 6.45) is 7.43. The smallest absolute Gasteiger partial charge is 0.116 e. The van der Waals surface area contributed by atoms with Crippen molar-refractivity contribution in [3.63, 3.8) is 0 Å². The minimum atomic E-state index is 0.281. The van der Waals surface area contributed by atoms with Gasteiger partial charge in [0, 0.05) is 12.4 Å². The Hall–Kier alpha value is -2.09. The fourth-order valence-corrected chi connectivity index (χ4v) is 1.30. The van der Waals surface area contributed by atoms with Crippen LogP contribution in [-0.4, -0.2) is 10.1 Å². The molecule has 1 aromatic heterocycles. The number of phenolic OH excluding ortho intramolecular Hbond substituents is 1. The number of hydrogen-bond acceptors (Lipinski definition) is 2. The second-order valence-electron chi connectivity index (χ2n) is 3.21. The van der Waals surface area contributed by atoms with E-state index in [1.165, 1.54) is 0 Å². The van der Waals surface area contributed by atoms with Gasteiger partial charge in [0.1, 0.15) is 5.75 Å². The molecule has 1 heterocycles. The van der Waals surface area contributed by atoms with Gasteiger partial charge in [0.15, 0.2) is 0 Å². The number of nitrogens with zero attached hydrogens (tertiary/aromatic N) is 1. The molecule has 0 aliphatic rings. The number of benzene rings is 1. The fraction of sp³-hybridized carbons (Fsp3) is 0. The van der Waals surface area contributed by atoms with Crippen molar-refractivity contribution in [3.05, 3.63) is 59.9 Å². The lowest BCUT2D eigenvalue weighted by molar-refractivity contribution is 0.475. The summed E-state index contributed by atoms with van der Waals surface area (Å²) >= 11 is 0. The first-order valence-corrected chi connectivity index (χ1v) is 4.72. The molecule has 74 valence electrons. The molecular formula is C13H11NO. The van der Waals surface area contributed by atoms with E-state index in [2.05, 4.69) is 4.98 Å². The van der Waals surface area contributed by atoms with E-state index in [0.717, 1.165) is 11.1 Å². The molecule has 2 rings (SSSR count). The zero-order valence-corrected chi connectivity index (χ0v) is 8.17. The normalized spacial score (nSPS) is 10.7. The Labute approximate surface area is 88.5 Å². The average molecular weight is 197 g/mol. The van der Waals surface area contributed by atoms with Crippen LogP contribution in [0.1, 0.15) is 11.1 Å². The molecule has 2 aromatic rings. The minimum Gasteiger partial charge on any atom is -0.508 e. The van der Waals surface area contributed by atoms with Crippen molar-refractivity contribution in [1.82, 2.24) is 4.98 Å². The molecule has 15 heavy (non-hydrogen) atoms. The first kappa shape index (κ1) is 9.46. The zero-order chi connectivity index (χ0) is 10.5. The van der Waals surface area contributed by atoms with Gasteiger partial charge in [0.05, 0.1) is 0 Å². The summed E-state index contributed by atoms with van der Waals surface area (Å²) in [4.78, 5) is 4.01. The summed E-state index contributed by atoms with van der Waals surface area (Å²) in [5, 5.41) is 9.26. The third kappa shape index (κ3) is 2.68. The highest BCUT2D eigenvalue weighted by Crippen LogP contribution is 2.13. The molecular weight excluding hydrogens is 186 g/mol. The zero-order valence-electron chi connectivity index (χ0n) is 8.17. The van der Waals surface area contributed by atoms with Crippen LogP contribution >= 0.6 is 0 Å². The number of hydrogen-bond donors (Lipinski definition) is 1. The average Bonchev–Trinajstić information content (AvgIpc) is 2.28. The van der Waals surface area contributed by atoms with E-state index < -0.39 is 0 Å². The number of phenols is 1. The van der Waals surface area contributed by atoms with Crippen molar-refractivity contribution in [2.75, 3.05) is 0 Å².